The summed E-state index contributed by atoms with van der Waals surface area (Å²) in [5, 5.41) is 14.2. The van der Waals surface area contributed by atoms with E-state index in [0.717, 1.165) is 5.56 Å². The van der Waals surface area contributed by atoms with Crippen molar-refractivity contribution < 1.29 is 14.2 Å². The Kier molecular flexibility index (Phi) is 2.81. The van der Waals surface area contributed by atoms with Crippen molar-refractivity contribution in [1.82, 2.24) is 5.16 Å². The number of nitrogens with zero attached hydrogens (tertiary/aromatic N) is 2. The summed E-state index contributed by atoms with van der Waals surface area (Å²) >= 11 is 0. The van der Waals surface area contributed by atoms with Crippen molar-refractivity contribution in [3.05, 3.63) is 52.4 Å². The largest absolute Gasteiger partial charge is 0.482 e. The van der Waals surface area contributed by atoms with E-state index in [2.05, 4.69) is 9.68 Å². The highest BCUT2D eigenvalue weighted by Crippen LogP contribution is 2.26. The molecule has 16 heavy (non-hydrogen) atoms. The molecule has 2 rings (SSSR count). The van der Waals surface area contributed by atoms with Gasteiger partial charge in [0.25, 0.3) is 0 Å². The lowest BCUT2D eigenvalue weighted by atomic mass is 10.3. The number of rotatable bonds is 4. The summed E-state index contributed by atoms with van der Waals surface area (Å²) in [6, 6.07) is 6.20. The predicted octanol–water partition coefficient (Wildman–Crippen LogP) is 2.16. The molecule has 0 saturated heterocycles. The Bertz CT molecular complexity index is 481. The van der Waals surface area contributed by atoms with E-state index < -0.39 is 4.92 Å². The fourth-order valence-electron chi connectivity index (χ4n) is 1.19. The summed E-state index contributed by atoms with van der Waals surface area (Å²) in [4.78, 5) is 10.2. The maximum atomic E-state index is 10.7. The van der Waals surface area contributed by atoms with Gasteiger partial charge in [-0.2, -0.15) is 0 Å². The van der Waals surface area contributed by atoms with Crippen molar-refractivity contribution in [1.29, 1.82) is 0 Å². The van der Waals surface area contributed by atoms with Gasteiger partial charge in [-0.1, -0.05) is 17.3 Å². The second kappa shape index (κ2) is 4.43. The van der Waals surface area contributed by atoms with E-state index in [4.69, 9.17) is 4.74 Å². The Labute approximate surface area is 90.6 Å². The molecular formula is C10H8N2O4. The van der Waals surface area contributed by atoms with Crippen LogP contribution < -0.4 is 4.74 Å². The van der Waals surface area contributed by atoms with Crippen LogP contribution in [0.2, 0.25) is 0 Å². The fourth-order valence-corrected chi connectivity index (χ4v) is 1.19. The lowest BCUT2D eigenvalue weighted by Crippen LogP contribution is -1.97. The second-order valence-electron chi connectivity index (χ2n) is 3.05. The molecule has 6 heteroatoms. The molecule has 1 aromatic carbocycles. The number of ether oxygens (including phenoxy) is 1. The zero-order valence-electron chi connectivity index (χ0n) is 8.20. The lowest BCUT2D eigenvalue weighted by Gasteiger charge is -2.03. The molecule has 82 valence electrons. The number of aromatic nitrogens is 1. The van der Waals surface area contributed by atoms with Crippen LogP contribution in [0.4, 0.5) is 5.69 Å². The van der Waals surface area contributed by atoms with Crippen molar-refractivity contribution in [3.8, 4) is 5.75 Å². The van der Waals surface area contributed by atoms with Crippen molar-refractivity contribution in [2.75, 3.05) is 0 Å². The van der Waals surface area contributed by atoms with Crippen molar-refractivity contribution in [2.24, 2.45) is 0 Å². The minimum atomic E-state index is -0.483. The van der Waals surface area contributed by atoms with Crippen LogP contribution in [0.5, 0.6) is 5.75 Å². The molecule has 0 N–H and O–H groups in total. The molecule has 0 aliphatic carbocycles. The topological polar surface area (TPSA) is 78.4 Å². The Hall–Kier alpha value is -2.37. The molecule has 6 nitrogen and oxygen atoms in total. The van der Waals surface area contributed by atoms with E-state index in [0.29, 0.717) is 0 Å². The minimum Gasteiger partial charge on any atom is -0.482 e. The maximum absolute atomic E-state index is 10.7. The predicted molar refractivity (Wildman–Crippen MR) is 53.9 cm³/mol. The van der Waals surface area contributed by atoms with Gasteiger partial charge in [-0.15, -0.1) is 0 Å². The second-order valence-corrected chi connectivity index (χ2v) is 3.05. The number of hydrogen-bond acceptors (Lipinski definition) is 5. The lowest BCUT2D eigenvalue weighted by molar-refractivity contribution is -0.385. The quantitative estimate of drug-likeness (QED) is 0.582. The first-order chi connectivity index (χ1) is 7.77. The van der Waals surface area contributed by atoms with Crippen LogP contribution in [0.15, 0.2) is 41.2 Å². The van der Waals surface area contributed by atoms with Crippen molar-refractivity contribution >= 4 is 5.69 Å². The van der Waals surface area contributed by atoms with Gasteiger partial charge < -0.3 is 9.26 Å². The zero-order chi connectivity index (χ0) is 11.4. The van der Waals surface area contributed by atoms with Crippen LogP contribution in [0.3, 0.4) is 0 Å². The van der Waals surface area contributed by atoms with Gasteiger partial charge in [-0.25, -0.2) is 0 Å². The van der Waals surface area contributed by atoms with Gasteiger partial charge in [-0.05, 0) is 6.07 Å². The molecule has 0 amide bonds. The molecule has 0 aliphatic heterocycles. The van der Waals surface area contributed by atoms with Crippen LogP contribution in [-0.4, -0.2) is 10.1 Å². The van der Waals surface area contributed by atoms with Gasteiger partial charge >= 0.3 is 5.69 Å². The Morgan fingerprint density at radius 3 is 2.94 bits per heavy atom. The first-order valence-corrected chi connectivity index (χ1v) is 4.52. The maximum Gasteiger partial charge on any atom is 0.310 e. The summed E-state index contributed by atoms with van der Waals surface area (Å²) in [7, 11) is 0. The van der Waals surface area contributed by atoms with Gasteiger partial charge in [-0.3, -0.25) is 10.1 Å². The molecule has 0 atom stereocenters. The molecule has 0 unspecified atom stereocenters. The van der Waals surface area contributed by atoms with Gasteiger partial charge in [0.1, 0.15) is 12.9 Å². The number of benzene rings is 1. The van der Waals surface area contributed by atoms with Crippen LogP contribution in [-0.2, 0) is 6.61 Å². The number of nitro groups is 1. The van der Waals surface area contributed by atoms with Gasteiger partial charge in [0.2, 0.25) is 0 Å². The molecule has 2 aromatic rings. The smallest absolute Gasteiger partial charge is 0.310 e. The number of para-hydroxylation sites is 2. The standard InChI is InChI=1S/C10H8N2O4/c13-12(14)9-3-1-2-4-10(9)15-6-8-5-11-16-7-8/h1-5,7H,6H2. The normalized spacial score (nSPS) is 10.0. The fraction of sp³-hybridized carbons (Fsp3) is 0.100. The third-order valence-electron chi connectivity index (χ3n) is 1.94. The summed E-state index contributed by atoms with van der Waals surface area (Å²) in [5.74, 6) is 0.230. The molecule has 0 fully saturated rings. The van der Waals surface area contributed by atoms with E-state index >= 15 is 0 Å². The van der Waals surface area contributed by atoms with Crippen LogP contribution >= 0.6 is 0 Å². The molecule has 0 aliphatic rings. The van der Waals surface area contributed by atoms with Gasteiger partial charge in [0.15, 0.2) is 5.75 Å². The van der Waals surface area contributed by atoms with E-state index in [-0.39, 0.29) is 18.0 Å². The van der Waals surface area contributed by atoms with Gasteiger partial charge in [0.05, 0.1) is 11.1 Å². The third-order valence-corrected chi connectivity index (χ3v) is 1.94. The first-order valence-electron chi connectivity index (χ1n) is 4.52. The van der Waals surface area contributed by atoms with Gasteiger partial charge in [0, 0.05) is 11.6 Å². The van der Waals surface area contributed by atoms with Crippen LogP contribution in [0.1, 0.15) is 5.56 Å². The van der Waals surface area contributed by atoms with Crippen LogP contribution in [0.25, 0.3) is 0 Å². The average molecular weight is 220 g/mol. The van der Waals surface area contributed by atoms with Crippen molar-refractivity contribution in [3.63, 3.8) is 0 Å². The van der Waals surface area contributed by atoms with Crippen molar-refractivity contribution in [2.45, 2.75) is 6.61 Å². The SMILES string of the molecule is O=[N+]([O-])c1ccccc1OCc1cnoc1. The zero-order valence-corrected chi connectivity index (χ0v) is 8.20. The molecule has 0 bridgehead atoms. The number of nitro benzene ring substituents is 1. The van der Waals surface area contributed by atoms with E-state index in [1.54, 1.807) is 18.2 Å². The molecule has 1 aromatic heterocycles. The highest BCUT2D eigenvalue weighted by atomic mass is 16.6. The Morgan fingerprint density at radius 2 is 2.25 bits per heavy atom. The molecule has 0 saturated carbocycles. The summed E-state index contributed by atoms with van der Waals surface area (Å²) < 4.78 is 9.92. The summed E-state index contributed by atoms with van der Waals surface area (Å²) in [6.07, 6.45) is 2.92. The monoisotopic (exact) mass is 220 g/mol. The first kappa shape index (κ1) is 10.2. The highest BCUT2D eigenvalue weighted by molar-refractivity contribution is 5.45. The molecule has 0 radical (unpaired) electrons. The Morgan fingerprint density at radius 1 is 1.44 bits per heavy atom. The Balaban J connectivity index is 2.12. The molecule has 0 spiro atoms. The number of hydrogen-bond donors (Lipinski definition) is 0. The minimum absolute atomic E-state index is 0.0565. The van der Waals surface area contributed by atoms with E-state index in [1.807, 2.05) is 0 Å². The van der Waals surface area contributed by atoms with E-state index in [1.165, 1.54) is 18.5 Å². The van der Waals surface area contributed by atoms with E-state index in [9.17, 15) is 10.1 Å². The molecule has 1 heterocycles. The van der Waals surface area contributed by atoms with Crippen LogP contribution in [0, 0.1) is 10.1 Å². The third kappa shape index (κ3) is 2.17. The average Bonchev–Trinajstić information content (AvgIpc) is 2.79. The summed E-state index contributed by atoms with van der Waals surface area (Å²) in [6.45, 7) is 0.189. The highest BCUT2D eigenvalue weighted by Gasteiger charge is 2.13. The molecular weight excluding hydrogens is 212 g/mol. The summed E-state index contributed by atoms with van der Waals surface area (Å²) in [5.41, 5.74) is 0.664.